The first-order valence-electron chi connectivity index (χ1n) is 6.23. The molecular weight excluding hydrogens is 388 g/mol. The fourth-order valence-corrected chi connectivity index (χ4v) is 1.72. The number of nitrogens with zero attached hydrogens (tertiary/aromatic N) is 3. The number of hydrogen-bond acceptors (Lipinski definition) is 3. The van der Waals surface area contributed by atoms with Crippen molar-refractivity contribution in [1.82, 2.24) is 9.89 Å². The monoisotopic (exact) mass is 403 g/mol. The Kier molecular flexibility index (Phi) is 7.65. The summed E-state index contributed by atoms with van der Waals surface area (Å²) in [4.78, 5) is 1.45. The molecule has 0 saturated heterocycles. The van der Waals surface area contributed by atoms with Crippen molar-refractivity contribution in [3.05, 3.63) is 47.8 Å². The zero-order chi connectivity index (χ0) is 15.9. The Morgan fingerprint density at radius 1 is 1.29 bits per heavy atom. The van der Waals surface area contributed by atoms with Crippen molar-refractivity contribution in [2.24, 2.45) is 5.10 Å². The maximum absolute atomic E-state index is 10.2. The summed E-state index contributed by atoms with van der Waals surface area (Å²) >= 11 is -0.826. The quantitative estimate of drug-likeness (QED) is 0.764. The van der Waals surface area contributed by atoms with Crippen molar-refractivity contribution in [2.75, 3.05) is 0 Å². The minimum atomic E-state index is -0.826. The normalized spacial score (nSPS) is 11.1. The van der Waals surface area contributed by atoms with Gasteiger partial charge in [-0.1, -0.05) is 32.9 Å². The van der Waals surface area contributed by atoms with Crippen LogP contribution in [0.3, 0.4) is 0 Å². The van der Waals surface area contributed by atoms with E-state index in [-0.39, 0.29) is 11.2 Å². The number of aromatic hydroxyl groups is 1. The first kappa shape index (κ1) is 18.4. The Morgan fingerprint density at radius 3 is 2.48 bits per heavy atom. The minimum absolute atomic E-state index is 0.0976. The summed E-state index contributed by atoms with van der Waals surface area (Å²) in [6.45, 7) is 6.20. The molecule has 2 rings (SSSR count). The van der Waals surface area contributed by atoms with Gasteiger partial charge in [0.1, 0.15) is 5.75 Å². The molecule has 0 unspecified atom stereocenters. The molecule has 7 heteroatoms. The number of halogens is 2. The van der Waals surface area contributed by atoms with Crippen molar-refractivity contribution < 1.29 is 26.0 Å². The first-order valence-corrected chi connectivity index (χ1v) is 12.6. The maximum atomic E-state index is 10.2. The van der Waals surface area contributed by atoms with Crippen molar-refractivity contribution in [2.45, 2.75) is 26.2 Å². The summed E-state index contributed by atoms with van der Waals surface area (Å²) in [7, 11) is 9.87. The van der Waals surface area contributed by atoms with Gasteiger partial charge in [0.15, 0.2) is 0 Å². The van der Waals surface area contributed by atoms with Gasteiger partial charge in [0.2, 0.25) is 0 Å². The van der Waals surface area contributed by atoms with Crippen LogP contribution in [0.25, 0.3) is 0 Å². The van der Waals surface area contributed by atoms with Gasteiger partial charge in [-0.3, -0.25) is 0 Å². The molecule has 0 atom stereocenters. The van der Waals surface area contributed by atoms with Crippen LogP contribution < -0.4 is 0 Å². The molecule has 4 nitrogen and oxygen atoms in total. The molecule has 1 aromatic heterocycles. The predicted octanol–water partition coefficient (Wildman–Crippen LogP) is 4.14. The van der Waals surface area contributed by atoms with Gasteiger partial charge in [0.05, 0.1) is 18.6 Å². The van der Waals surface area contributed by atoms with Gasteiger partial charge in [-0.15, -0.1) is 0 Å². The molecule has 1 N–H and O–H groups in total. The zero-order valence-electron chi connectivity index (χ0n) is 12.1. The molecular formula is C14H17Cl2N3OZr. The average Bonchev–Trinajstić information content (AvgIpc) is 2.90. The van der Waals surface area contributed by atoms with E-state index >= 15 is 0 Å². The Morgan fingerprint density at radius 2 is 1.95 bits per heavy atom. The van der Waals surface area contributed by atoms with Crippen molar-refractivity contribution in [3.8, 4) is 5.75 Å². The third-order valence-corrected chi connectivity index (χ3v) is 2.68. The van der Waals surface area contributed by atoms with Gasteiger partial charge in [-0.25, -0.2) is 0 Å². The van der Waals surface area contributed by atoms with Crippen LogP contribution >= 0.6 is 17.0 Å². The molecule has 0 amide bonds. The summed E-state index contributed by atoms with van der Waals surface area (Å²) < 4.78 is 0. The Bertz CT molecular complexity index is 580. The van der Waals surface area contributed by atoms with E-state index < -0.39 is 20.8 Å². The number of benzene rings is 1. The van der Waals surface area contributed by atoms with Crippen LogP contribution in [-0.2, 0) is 26.3 Å². The molecule has 2 aromatic rings. The van der Waals surface area contributed by atoms with E-state index in [1.165, 1.54) is 4.79 Å². The van der Waals surface area contributed by atoms with E-state index in [4.69, 9.17) is 17.0 Å². The van der Waals surface area contributed by atoms with Crippen LogP contribution in [0.1, 0.15) is 31.9 Å². The van der Waals surface area contributed by atoms with Gasteiger partial charge in [0.25, 0.3) is 0 Å². The number of phenolic OH excluding ortho intramolecular Hbond substituents is 1. The van der Waals surface area contributed by atoms with Crippen molar-refractivity contribution in [3.63, 3.8) is 0 Å². The molecule has 0 radical (unpaired) electrons. The molecule has 0 saturated carbocycles. The number of para-hydroxylation sites is 1. The van der Waals surface area contributed by atoms with Gasteiger partial charge in [-0.2, -0.15) is 15.0 Å². The summed E-state index contributed by atoms with van der Waals surface area (Å²) in [6.07, 6.45) is 5.00. The number of aromatic nitrogens is 2. The van der Waals surface area contributed by atoms with E-state index in [9.17, 15) is 5.11 Å². The second-order valence-corrected chi connectivity index (χ2v) is 8.97. The molecule has 0 spiro atoms. The van der Waals surface area contributed by atoms with Gasteiger partial charge in [0, 0.05) is 5.56 Å². The number of hydrogen-bond donors (Lipinski definition) is 1. The Hall–Kier alpha value is -0.637. The fourth-order valence-electron chi connectivity index (χ4n) is 1.72. The topological polar surface area (TPSA) is 50.4 Å². The predicted molar refractivity (Wildman–Crippen MR) is 83.7 cm³/mol. The van der Waals surface area contributed by atoms with E-state index in [2.05, 4.69) is 31.0 Å². The third kappa shape index (κ3) is 5.93. The van der Waals surface area contributed by atoms with Crippen LogP contribution in [0.4, 0.5) is 0 Å². The van der Waals surface area contributed by atoms with Gasteiger partial charge < -0.3 is 5.11 Å². The van der Waals surface area contributed by atoms with E-state index in [0.717, 1.165) is 5.56 Å². The second-order valence-electron chi connectivity index (χ2n) is 5.24. The van der Waals surface area contributed by atoms with Gasteiger partial charge in [-0.05, 0) is 23.1 Å². The summed E-state index contributed by atoms with van der Waals surface area (Å²) in [5.41, 5.74) is 1.50. The standard InChI is InChI=1S/C14H17N3O.2ClH.Zr/c1-14(2,3)12-7-4-6-11(13(12)18)10-16-17-9-5-8-15-17;;;/h4-10,18H,1-3H3;2*1H;/q;;;+2/p-2. The molecule has 0 aliphatic carbocycles. The number of rotatable bonds is 2. The molecule has 0 fully saturated rings. The fraction of sp³-hybridized carbons (Fsp3) is 0.286. The molecule has 1 aromatic carbocycles. The van der Waals surface area contributed by atoms with E-state index in [1.807, 2.05) is 18.2 Å². The summed E-state index contributed by atoms with van der Waals surface area (Å²) in [5, 5.41) is 18.3. The Labute approximate surface area is 143 Å². The molecule has 1 heterocycles. The van der Waals surface area contributed by atoms with Crippen LogP contribution in [0, 0.1) is 0 Å². The second kappa shape index (κ2) is 8.72. The van der Waals surface area contributed by atoms with Gasteiger partial charge >= 0.3 is 37.9 Å². The van der Waals surface area contributed by atoms with Crippen LogP contribution in [0.5, 0.6) is 5.75 Å². The van der Waals surface area contributed by atoms with E-state index in [1.54, 1.807) is 24.7 Å². The Balaban J connectivity index is 0.000000677. The molecule has 0 bridgehead atoms. The van der Waals surface area contributed by atoms with Crippen molar-refractivity contribution in [1.29, 1.82) is 0 Å². The molecule has 112 valence electrons. The van der Waals surface area contributed by atoms with E-state index in [0.29, 0.717) is 5.56 Å². The van der Waals surface area contributed by atoms with Crippen LogP contribution in [0.2, 0.25) is 0 Å². The van der Waals surface area contributed by atoms with Crippen LogP contribution in [0.15, 0.2) is 41.8 Å². The SMILES string of the molecule is CC(C)(C)c1cccc(C=Nn2cccn2)c1O.[Cl][Zr][Cl]. The first-order chi connectivity index (χ1) is 9.90. The number of phenols is 1. The van der Waals surface area contributed by atoms with Crippen LogP contribution in [-0.4, -0.2) is 21.2 Å². The average molecular weight is 405 g/mol. The molecule has 0 aliphatic rings. The van der Waals surface area contributed by atoms with Crippen molar-refractivity contribution >= 4 is 23.2 Å². The molecule has 21 heavy (non-hydrogen) atoms. The summed E-state index contributed by atoms with van der Waals surface area (Å²) in [6, 6.07) is 7.48. The summed E-state index contributed by atoms with van der Waals surface area (Å²) in [5.74, 6) is 0.279. The zero-order valence-corrected chi connectivity index (χ0v) is 16.1. The third-order valence-electron chi connectivity index (χ3n) is 2.68. The molecule has 0 aliphatic heterocycles.